The van der Waals surface area contributed by atoms with Crippen molar-refractivity contribution in [3.05, 3.63) is 59.6 Å². The van der Waals surface area contributed by atoms with Gasteiger partial charge in [-0.25, -0.2) is 0 Å². The van der Waals surface area contributed by atoms with Gasteiger partial charge in [0, 0.05) is 37.4 Å². The van der Waals surface area contributed by atoms with Gasteiger partial charge >= 0.3 is 0 Å². The lowest BCUT2D eigenvalue weighted by atomic mass is 10.2. The standard InChI is InChI=1S/C22H24ClN5O2S/c23-19-9-5-4-8-18(19)21-25-26-22(28(21)17-6-2-1-3-7-17)31-16-20(29)24-10-11-27-12-14-30-15-13-27/h1-9H,10-16H2,(H,24,29). The normalized spacial score (nSPS) is 14.5. The molecule has 1 aliphatic rings. The second kappa shape index (κ2) is 10.8. The summed E-state index contributed by atoms with van der Waals surface area (Å²) < 4.78 is 7.29. The van der Waals surface area contributed by atoms with Crippen molar-refractivity contribution in [2.45, 2.75) is 5.16 Å². The molecule has 2 heterocycles. The highest BCUT2D eigenvalue weighted by molar-refractivity contribution is 7.99. The number of carbonyl (C=O) groups is 1. The molecule has 1 amide bonds. The number of benzene rings is 2. The summed E-state index contributed by atoms with van der Waals surface area (Å²) in [5.74, 6) is 0.878. The van der Waals surface area contributed by atoms with Gasteiger partial charge in [0.2, 0.25) is 5.91 Å². The highest BCUT2D eigenvalue weighted by atomic mass is 35.5. The molecule has 3 aromatic rings. The van der Waals surface area contributed by atoms with E-state index in [1.165, 1.54) is 11.8 Å². The van der Waals surface area contributed by atoms with Gasteiger partial charge in [0.25, 0.3) is 0 Å². The van der Waals surface area contributed by atoms with E-state index >= 15 is 0 Å². The van der Waals surface area contributed by atoms with Crippen LogP contribution >= 0.6 is 23.4 Å². The number of amides is 1. The third-order valence-electron chi connectivity index (χ3n) is 4.95. The van der Waals surface area contributed by atoms with E-state index in [9.17, 15) is 4.79 Å². The van der Waals surface area contributed by atoms with Crippen molar-refractivity contribution >= 4 is 29.3 Å². The third kappa shape index (κ3) is 5.65. The van der Waals surface area contributed by atoms with E-state index in [0.717, 1.165) is 44.1 Å². The van der Waals surface area contributed by atoms with E-state index in [4.69, 9.17) is 16.3 Å². The Morgan fingerprint density at radius 2 is 1.81 bits per heavy atom. The minimum atomic E-state index is -0.0276. The highest BCUT2D eigenvalue weighted by Gasteiger charge is 2.19. The van der Waals surface area contributed by atoms with Crippen molar-refractivity contribution in [3.63, 3.8) is 0 Å². The Balaban J connectivity index is 1.44. The van der Waals surface area contributed by atoms with E-state index in [0.29, 0.717) is 22.5 Å². The number of rotatable bonds is 8. The van der Waals surface area contributed by atoms with Crippen molar-refractivity contribution in [1.82, 2.24) is 25.0 Å². The molecular formula is C22H24ClN5O2S. The SMILES string of the molecule is O=C(CSc1nnc(-c2ccccc2Cl)n1-c1ccccc1)NCCN1CCOCC1. The molecule has 1 saturated heterocycles. The van der Waals surface area contributed by atoms with Crippen LogP contribution < -0.4 is 5.32 Å². The zero-order valence-corrected chi connectivity index (χ0v) is 18.6. The molecule has 1 aliphatic heterocycles. The van der Waals surface area contributed by atoms with Gasteiger partial charge in [-0.1, -0.05) is 53.7 Å². The fourth-order valence-electron chi connectivity index (χ4n) is 3.35. The van der Waals surface area contributed by atoms with Crippen LogP contribution in [0.4, 0.5) is 0 Å². The highest BCUT2D eigenvalue weighted by Crippen LogP contribution is 2.31. The fraction of sp³-hybridized carbons (Fsp3) is 0.318. The maximum atomic E-state index is 12.4. The number of thioether (sulfide) groups is 1. The van der Waals surface area contributed by atoms with Gasteiger partial charge in [0.1, 0.15) is 0 Å². The molecule has 31 heavy (non-hydrogen) atoms. The van der Waals surface area contributed by atoms with Gasteiger partial charge in [-0.15, -0.1) is 10.2 Å². The quantitative estimate of drug-likeness (QED) is 0.524. The van der Waals surface area contributed by atoms with Crippen molar-refractivity contribution < 1.29 is 9.53 Å². The van der Waals surface area contributed by atoms with Crippen LogP contribution in [-0.4, -0.2) is 70.7 Å². The Hall–Kier alpha value is -2.39. The monoisotopic (exact) mass is 457 g/mol. The summed E-state index contributed by atoms with van der Waals surface area (Å²) in [4.78, 5) is 14.7. The Bertz CT molecular complexity index is 1010. The number of morpholine rings is 1. The topological polar surface area (TPSA) is 72.3 Å². The van der Waals surface area contributed by atoms with Crippen LogP contribution in [0.1, 0.15) is 0 Å². The van der Waals surface area contributed by atoms with Gasteiger partial charge in [-0.2, -0.15) is 0 Å². The summed E-state index contributed by atoms with van der Waals surface area (Å²) in [6, 6.07) is 17.4. The average molecular weight is 458 g/mol. The molecule has 7 nitrogen and oxygen atoms in total. The van der Waals surface area contributed by atoms with Crippen molar-refractivity contribution in [2.24, 2.45) is 0 Å². The van der Waals surface area contributed by atoms with Crippen LogP contribution in [-0.2, 0) is 9.53 Å². The van der Waals surface area contributed by atoms with E-state index < -0.39 is 0 Å². The lowest BCUT2D eigenvalue weighted by Crippen LogP contribution is -2.41. The summed E-state index contributed by atoms with van der Waals surface area (Å²) >= 11 is 7.77. The van der Waals surface area contributed by atoms with E-state index in [1.54, 1.807) is 0 Å². The lowest BCUT2D eigenvalue weighted by Gasteiger charge is -2.26. The lowest BCUT2D eigenvalue weighted by molar-refractivity contribution is -0.118. The number of carbonyl (C=O) groups excluding carboxylic acids is 1. The number of para-hydroxylation sites is 1. The number of halogens is 1. The second-order valence-corrected chi connectivity index (χ2v) is 8.40. The molecule has 0 spiro atoms. The minimum absolute atomic E-state index is 0.0276. The number of nitrogens with zero attached hydrogens (tertiary/aromatic N) is 4. The Labute approximate surface area is 190 Å². The van der Waals surface area contributed by atoms with Crippen LogP contribution in [0.5, 0.6) is 0 Å². The van der Waals surface area contributed by atoms with Gasteiger partial charge in [-0.05, 0) is 24.3 Å². The van der Waals surface area contributed by atoms with Crippen molar-refractivity contribution in [3.8, 4) is 17.1 Å². The van der Waals surface area contributed by atoms with E-state index in [-0.39, 0.29) is 11.7 Å². The van der Waals surface area contributed by atoms with Gasteiger partial charge in [-0.3, -0.25) is 14.3 Å². The van der Waals surface area contributed by atoms with Crippen molar-refractivity contribution in [2.75, 3.05) is 45.1 Å². The molecule has 0 aliphatic carbocycles. The molecule has 4 rings (SSSR count). The molecule has 0 atom stereocenters. The maximum Gasteiger partial charge on any atom is 0.230 e. The van der Waals surface area contributed by atoms with Crippen LogP contribution in [0.25, 0.3) is 17.1 Å². The van der Waals surface area contributed by atoms with E-state index in [1.807, 2.05) is 59.2 Å². The predicted molar refractivity (Wildman–Crippen MR) is 123 cm³/mol. The van der Waals surface area contributed by atoms with Gasteiger partial charge < -0.3 is 10.1 Å². The molecule has 162 valence electrons. The van der Waals surface area contributed by atoms with Crippen LogP contribution in [0.2, 0.25) is 5.02 Å². The number of nitrogens with one attached hydrogen (secondary N) is 1. The van der Waals surface area contributed by atoms with Gasteiger partial charge in [0.05, 0.1) is 24.0 Å². The second-order valence-electron chi connectivity index (χ2n) is 7.05. The fourth-order valence-corrected chi connectivity index (χ4v) is 4.35. The Morgan fingerprint density at radius 1 is 1.06 bits per heavy atom. The molecule has 1 aromatic heterocycles. The summed E-state index contributed by atoms with van der Waals surface area (Å²) in [7, 11) is 0. The zero-order chi connectivity index (χ0) is 21.5. The molecule has 0 bridgehead atoms. The predicted octanol–water partition coefficient (Wildman–Crippen LogP) is 3.13. The summed E-state index contributed by atoms with van der Waals surface area (Å²) in [5, 5.41) is 13.0. The molecule has 1 N–H and O–H groups in total. The smallest absolute Gasteiger partial charge is 0.230 e. The first-order valence-corrected chi connectivity index (χ1v) is 11.5. The van der Waals surface area contributed by atoms with Crippen LogP contribution in [0, 0.1) is 0 Å². The molecule has 9 heteroatoms. The number of hydrogen-bond donors (Lipinski definition) is 1. The maximum absolute atomic E-state index is 12.4. The van der Waals surface area contributed by atoms with Gasteiger partial charge in [0.15, 0.2) is 11.0 Å². The minimum Gasteiger partial charge on any atom is -0.379 e. The molecule has 0 unspecified atom stereocenters. The van der Waals surface area contributed by atoms with E-state index in [2.05, 4.69) is 20.4 Å². The zero-order valence-electron chi connectivity index (χ0n) is 17.0. The first-order valence-electron chi connectivity index (χ1n) is 10.2. The van der Waals surface area contributed by atoms with Crippen molar-refractivity contribution in [1.29, 1.82) is 0 Å². The molecule has 0 radical (unpaired) electrons. The largest absolute Gasteiger partial charge is 0.379 e. The number of ether oxygens (including phenoxy) is 1. The van der Waals surface area contributed by atoms with Crippen LogP contribution in [0.3, 0.4) is 0 Å². The molecular weight excluding hydrogens is 434 g/mol. The molecule has 0 saturated carbocycles. The average Bonchev–Trinajstić information content (AvgIpc) is 3.23. The first-order chi connectivity index (χ1) is 15.2. The molecule has 2 aromatic carbocycles. The molecule has 1 fully saturated rings. The number of aromatic nitrogens is 3. The third-order valence-corrected chi connectivity index (χ3v) is 6.21. The number of hydrogen-bond acceptors (Lipinski definition) is 6. The summed E-state index contributed by atoms with van der Waals surface area (Å²) in [5.41, 5.74) is 1.71. The Kier molecular flexibility index (Phi) is 7.58. The Morgan fingerprint density at radius 3 is 2.58 bits per heavy atom. The first kappa shape index (κ1) is 21.8. The summed E-state index contributed by atoms with van der Waals surface area (Å²) in [6.45, 7) is 4.79. The van der Waals surface area contributed by atoms with Crippen LogP contribution in [0.15, 0.2) is 59.8 Å². The summed E-state index contributed by atoms with van der Waals surface area (Å²) in [6.07, 6.45) is 0.